The van der Waals surface area contributed by atoms with E-state index in [9.17, 15) is 14.9 Å². The lowest BCUT2D eigenvalue weighted by Gasteiger charge is -2.22. The summed E-state index contributed by atoms with van der Waals surface area (Å²) in [7, 11) is 0. The summed E-state index contributed by atoms with van der Waals surface area (Å²) in [6.45, 7) is 9.24. The van der Waals surface area contributed by atoms with Gasteiger partial charge in [-0.3, -0.25) is 0 Å². The fraction of sp³-hybridized carbons (Fsp3) is 0.381. The first-order chi connectivity index (χ1) is 13.0. The molecule has 0 heterocycles. The molecule has 0 bridgehead atoms. The zero-order chi connectivity index (χ0) is 20.1. The Morgan fingerprint density at radius 1 is 1.19 bits per heavy atom. The highest BCUT2D eigenvalue weighted by atomic mass is 16.5. The van der Waals surface area contributed by atoms with E-state index in [1.54, 1.807) is 0 Å². The number of carbonyl (C=O) groups excluding carboxylic acids is 2. The van der Waals surface area contributed by atoms with Gasteiger partial charge in [0.2, 0.25) is 0 Å². The van der Waals surface area contributed by atoms with E-state index in [-0.39, 0.29) is 12.2 Å². The molecule has 0 aliphatic carbocycles. The van der Waals surface area contributed by atoms with Gasteiger partial charge in [-0.05, 0) is 37.1 Å². The van der Waals surface area contributed by atoms with Crippen LogP contribution in [0.2, 0.25) is 0 Å². The van der Waals surface area contributed by atoms with Crippen LogP contribution in [0, 0.1) is 11.3 Å². The topological polar surface area (TPSA) is 79.6 Å². The average Bonchev–Trinajstić information content (AvgIpc) is 2.69. The first-order valence-electron chi connectivity index (χ1n) is 8.98. The Morgan fingerprint density at radius 2 is 1.89 bits per heavy atom. The molecule has 0 fully saturated rings. The molecule has 1 aromatic carbocycles. The molecule has 0 amide bonds. The number of nitriles is 1. The number of likely N-dealkylation sites (N-methyl/N-ethyl adjacent to an activating group) is 1. The maximum atomic E-state index is 11.9. The van der Waals surface area contributed by atoms with Crippen LogP contribution in [0.5, 0.6) is 0 Å². The monoisotopic (exact) mass is 370 g/mol. The molecule has 1 rings (SSSR count). The van der Waals surface area contributed by atoms with Crippen molar-refractivity contribution < 1.29 is 19.1 Å². The van der Waals surface area contributed by atoms with Gasteiger partial charge in [0.15, 0.2) is 0 Å². The lowest BCUT2D eigenvalue weighted by Crippen LogP contribution is -2.27. The van der Waals surface area contributed by atoms with E-state index in [1.165, 1.54) is 6.08 Å². The van der Waals surface area contributed by atoms with Gasteiger partial charge in [-0.1, -0.05) is 32.1 Å². The van der Waals surface area contributed by atoms with E-state index in [0.29, 0.717) is 13.2 Å². The average molecular weight is 370 g/mol. The van der Waals surface area contributed by atoms with Crippen molar-refractivity contribution in [2.24, 2.45) is 0 Å². The minimum absolute atomic E-state index is 0.0254. The summed E-state index contributed by atoms with van der Waals surface area (Å²) >= 11 is 0. The SMILES string of the molecule is C=CC(=O)OCCN(CC)c1ccc(/C=C(\C#N)C(=O)OCCCC)cc1. The van der Waals surface area contributed by atoms with Crippen LogP contribution in [0.25, 0.3) is 6.08 Å². The van der Waals surface area contributed by atoms with Gasteiger partial charge in [0.05, 0.1) is 13.2 Å². The number of rotatable bonds is 11. The molecule has 0 aromatic heterocycles. The molecular formula is C21H26N2O4. The molecule has 0 spiro atoms. The molecule has 0 saturated heterocycles. The predicted molar refractivity (Wildman–Crippen MR) is 105 cm³/mol. The van der Waals surface area contributed by atoms with E-state index in [1.807, 2.05) is 49.1 Å². The van der Waals surface area contributed by atoms with E-state index >= 15 is 0 Å². The third-order valence-electron chi connectivity index (χ3n) is 3.79. The van der Waals surface area contributed by atoms with Crippen molar-refractivity contribution in [3.63, 3.8) is 0 Å². The Bertz CT molecular complexity index is 702. The van der Waals surface area contributed by atoms with Gasteiger partial charge in [0.1, 0.15) is 18.2 Å². The normalized spacial score (nSPS) is 10.6. The fourth-order valence-electron chi connectivity index (χ4n) is 2.26. The first-order valence-corrected chi connectivity index (χ1v) is 8.98. The van der Waals surface area contributed by atoms with Crippen LogP contribution in [-0.2, 0) is 19.1 Å². The highest BCUT2D eigenvalue weighted by Crippen LogP contribution is 2.17. The first kappa shape index (κ1) is 22.0. The Kier molecular flexibility index (Phi) is 10.0. The number of nitrogens with zero attached hydrogens (tertiary/aromatic N) is 2. The van der Waals surface area contributed by atoms with Gasteiger partial charge in [0.25, 0.3) is 0 Å². The van der Waals surface area contributed by atoms with Crippen LogP contribution in [0.3, 0.4) is 0 Å². The second-order valence-electron chi connectivity index (χ2n) is 5.70. The summed E-state index contributed by atoms with van der Waals surface area (Å²) in [4.78, 5) is 25.1. The molecule has 0 N–H and O–H groups in total. The molecule has 0 aliphatic heterocycles. The van der Waals surface area contributed by atoms with Crippen LogP contribution in [-0.4, -0.2) is 38.2 Å². The van der Waals surface area contributed by atoms with E-state index in [2.05, 4.69) is 6.58 Å². The molecule has 0 unspecified atom stereocenters. The summed E-state index contributed by atoms with van der Waals surface area (Å²) in [5, 5.41) is 9.18. The largest absolute Gasteiger partial charge is 0.462 e. The van der Waals surface area contributed by atoms with Crippen molar-refractivity contribution in [3.05, 3.63) is 48.1 Å². The third kappa shape index (κ3) is 7.78. The van der Waals surface area contributed by atoms with Crippen molar-refractivity contribution >= 4 is 23.7 Å². The zero-order valence-electron chi connectivity index (χ0n) is 15.9. The molecular weight excluding hydrogens is 344 g/mol. The second-order valence-corrected chi connectivity index (χ2v) is 5.70. The number of hydrogen-bond acceptors (Lipinski definition) is 6. The molecule has 0 radical (unpaired) electrons. The number of ether oxygens (including phenoxy) is 2. The van der Waals surface area contributed by atoms with Gasteiger partial charge >= 0.3 is 11.9 Å². The van der Waals surface area contributed by atoms with Crippen molar-refractivity contribution in [2.75, 3.05) is 31.2 Å². The zero-order valence-corrected chi connectivity index (χ0v) is 15.9. The van der Waals surface area contributed by atoms with Crippen LogP contribution in [0.1, 0.15) is 32.3 Å². The molecule has 0 aliphatic rings. The number of hydrogen-bond donors (Lipinski definition) is 0. The highest BCUT2D eigenvalue weighted by Gasteiger charge is 2.11. The van der Waals surface area contributed by atoms with E-state index < -0.39 is 11.9 Å². The van der Waals surface area contributed by atoms with Gasteiger partial charge < -0.3 is 14.4 Å². The van der Waals surface area contributed by atoms with Crippen molar-refractivity contribution in [3.8, 4) is 6.07 Å². The van der Waals surface area contributed by atoms with E-state index in [4.69, 9.17) is 9.47 Å². The van der Waals surface area contributed by atoms with Gasteiger partial charge in [-0.15, -0.1) is 0 Å². The Hall–Kier alpha value is -3.07. The van der Waals surface area contributed by atoms with Crippen LogP contribution >= 0.6 is 0 Å². The standard InChI is InChI=1S/C21H26N2O4/c1-4-7-13-27-21(25)18(16-22)15-17-8-10-19(11-9-17)23(6-3)12-14-26-20(24)5-2/h5,8-11,15H,2,4,6-7,12-14H2,1,3H3/b18-15+. The van der Waals surface area contributed by atoms with Crippen molar-refractivity contribution in [2.45, 2.75) is 26.7 Å². The van der Waals surface area contributed by atoms with Crippen molar-refractivity contribution in [1.82, 2.24) is 0 Å². The van der Waals surface area contributed by atoms with Gasteiger partial charge in [-0.25, -0.2) is 9.59 Å². The van der Waals surface area contributed by atoms with Crippen molar-refractivity contribution in [1.29, 1.82) is 5.26 Å². The molecule has 6 nitrogen and oxygen atoms in total. The van der Waals surface area contributed by atoms with Crippen LogP contribution < -0.4 is 4.90 Å². The maximum absolute atomic E-state index is 11.9. The third-order valence-corrected chi connectivity index (χ3v) is 3.79. The molecule has 6 heteroatoms. The number of carbonyl (C=O) groups is 2. The quantitative estimate of drug-likeness (QED) is 0.257. The lowest BCUT2D eigenvalue weighted by atomic mass is 10.1. The van der Waals surface area contributed by atoms with Gasteiger partial charge in [0, 0.05) is 18.3 Å². The smallest absolute Gasteiger partial charge is 0.348 e. The minimum Gasteiger partial charge on any atom is -0.462 e. The highest BCUT2D eigenvalue weighted by molar-refractivity contribution is 5.97. The summed E-state index contributed by atoms with van der Waals surface area (Å²) < 4.78 is 10.1. The Morgan fingerprint density at radius 3 is 2.44 bits per heavy atom. The second kappa shape index (κ2) is 12.3. The predicted octanol–water partition coefficient (Wildman–Crippen LogP) is 3.49. The molecule has 0 atom stereocenters. The fourth-order valence-corrected chi connectivity index (χ4v) is 2.26. The molecule has 0 saturated carbocycles. The summed E-state index contributed by atoms with van der Waals surface area (Å²) in [5.74, 6) is -1.05. The summed E-state index contributed by atoms with van der Waals surface area (Å²) in [6.07, 6.45) is 4.34. The maximum Gasteiger partial charge on any atom is 0.348 e. The number of esters is 2. The number of anilines is 1. The minimum atomic E-state index is -0.603. The molecule has 1 aromatic rings. The van der Waals surface area contributed by atoms with E-state index in [0.717, 1.165) is 36.7 Å². The Balaban J connectivity index is 2.74. The van der Waals surface area contributed by atoms with Crippen LogP contribution in [0.15, 0.2) is 42.5 Å². The summed E-state index contributed by atoms with van der Waals surface area (Å²) in [6, 6.07) is 9.32. The summed E-state index contributed by atoms with van der Waals surface area (Å²) in [5.41, 5.74) is 1.66. The number of unbranched alkanes of at least 4 members (excludes halogenated alkanes) is 1. The molecule has 27 heavy (non-hydrogen) atoms. The number of benzene rings is 1. The van der Waals surface area contributed by atoms with Crippen LogP contribution in [0.4, 0.5) is 5.69 Å². The van der Waals surface area contributed by atoms with Gasteiger partial charge in [-0.2, -0.15) is 5.26 Å². The lowest BCUT2D eigenvalue weighted by molar-refractivity contribution is -0.139. The molecule has 144 valence electrons. The Labute approximate surface area is 160 Å².